The summed E-state index contributed by atoms with van der Waals surface area (Å²) in [5, 5.41) is 4.50. The molecule has 0 aromatic heterocycles. The maximum atomic E-state index is 12.3. The number of nitrogens with zero attached hydrogens (tertiary/aromatic N) is 1. The molecule has 0 fully saturated rings. The minimum Gasteiger partial charge on any atom is -0.486 e. The molecule has 0 aliphatic rings. The Morgan fingerprint density at radius 2 is 1.70 bits per heavy atom. The van der Waals surface area contributed by atoms with Gasteiger partial charge in [0.15, 0.2) is 0 Å². The molecule has 30 heavy (non-hydrogen) atoms. The van der Waals surface area contributed by atoms with E-state index in [2.05, 4.69) is 41.8 Å². The van der Waals surface area contributed by atoms with Gasteiger partial charge >= 0.3 is 0 Å². The lowest BCUT2D eigenvalue weighted by Crippen LogP contribution is -2.18. The van der Waals surface area contributed by atoms with Crippen LogP contribution in [0.2, 0.25) is 5.02 Å². The van der Waals surface area contributed by atoms with Gasteiger partial charge in [-0.25, -0.2) is 4.83 Å². The fraction of sp³-hybridized carbons (Fsp3) is 0.0952. The number of hydrogen-bond donors (Lipinski definition) is 1. The molecule has 0 bridgehead atoms. The van der Waals surface area contributed by atoms with Crippen LogP contribution < -0.4 is 9.57 Å². The maximum Gasteiger partial charge on any atom is 0.276 e. The van der Waals surface area contributed by atoms with Gasteiger partial charge in [-0.05, 0) is 74.7 Å². The van der Waals surface area contributed by atoms with Crippen LogP contribution in [0.25, 0.3) is 0 Å². The number of benzene rings is 3. The fourth-order valence-corrected chi connectivity index (χ4v) is 4.93. The summed E-state index contributed by atoms with van der Waals surface area (Å²) >= 11 is 13.1. The molecule has 0 unspecified atom stereocenters. The highest BCUT2D eigenvalue weighted by Gasteiger charge is 2.13. The number of hydrazone groups is 1. The molecule has 0 aliphatic heterocycles. The van der Waals surface area contributed by atoms with Crippen molar-refractivity contribution in [1.29, 1.82) is 0 Å². The van der Waals surface area contributed by atoms with Crippen molar-refractivity contribution in [2.75, 3.05) is 0 Å². The van der Waals surface area contributed by atoms with Gasteiger partial charge in [0.05, 0.1) is 20.1 Å². The zero-order chi connectivity index (χ0) is 21.7. The molecule has 0 atom stereocenters. The number of aryl methyl sites for hydroxylation is 1. The van der Waals surface area contributed by atoms with Crippen LogP contribution in [0.1, 0.15) is 16.7 Å². The number of ether oxygens (including phenoxy) is 1. The van der Waals surface area contributed by atoms with Gasteiger partial charge in [-0.3, -0.25) is 0 Å². The highest BCUT2D eigenvalue weighted by Crippen LogP contribution is 2.35. The molecule has 0 heterocycles. The molecule has 1 N–H and O–H groups in total. The van der Waals surface area contributed by atoms with Gasteiger partial charge in [-0.1, -0.05) is 47.5 Å². The van der Waals surface area contributed by atoms with Crippen molar-refractivity contribution in [1.82, 2.24) is 4.83 Å². The second kappa shape index (κ2) is 9.96. The van der Waals surface area contributed by atoms with Gasteiger partial charge < -0.3 is 4.74 Å². The number of hydrogen-bond acceptors (Lipinski definition) is 4. The standard InChI is InChI=1S/C21H17Br2ClN2O3S/c1-14-6-8-17(9-7-14)30(27,28)26-25-12-15-10-18(22)21(19(23)11-15)29-13-16-4-2-3-5-20(16)24/h2-12,26H,13H2,1H3/b25-12-. The van der Waals surface area contributed by atoms with E-state index in [-0.39, 0.29) is 4.90 Å². The minimum atomic E-state index is -3.73. The van der Waals surface area contributed by atoms with E-state index >= 15 is 0 Å². The van der Waals surface area contributed by atoms with Crippen molar-refractivity contribution in [3.05, 3.63) is 91.3 Å². The van der Waals surface area contributed by atoms with Crippen LogP contribution in [0.4, 0.5) is 0 Å². The third-order valence-corrected chi connectivity index (χ3v) is 6.85. The first-order valence-corrected chi connectivity index (χ1v) is 12.2. The second-order valence-electron chi connectivity index (χ2n) is 6.36. The van der Waals surface area contributed by atoms with Crippen LogP contribution in [0.5, 0.6) is 5.75 Å². The first-order valence-electron chi connectivity index (χ1n) is 8.73. The highest BCUT2D eigenvalue weighted by molar-refractivity contribution is 9.11. The molecule has 0 amide bonds. The summed E-state index contributed by atoms with van der Waals surface area (Å²) < 4.78 is 31.8. The lowest BCUT2D eigenvalue weighted by atomic mass is 10.2. The quantitative estimate of drug-likeness (QED) is 0.276. The Morgan fingerprint density at radius 1 is 1.07 bits per heavy atom. The molecular formula is C21H17Br2ClN2O3S. The molecule has 3 aromatic carbocycles. The number of sulfonamides is 1. The molecule has 9 heteroatoms. The molecule has 5 nitrogen and oxygen atoms in total. The summed E-state index contributed by atoms with van der Waals surface area (Å²) in [7, 11) is -3.73. The van der Waals surface area contributed by atoms with Crippen LogP contribution in [0.15, 0.2) is 79.6 Å². The Balaban J connectivity index is 1.70. The van der Waals surface area contributed by atoms with Gasteiger partial charge in [0, 0.05) is 10.6 Å². The Labute approximate surface area is 197 Å². The summed E-state index contributed by atoms with van der Waals surface area (Å²) in [5.41, 5.74) is 2.52. The Bertz CT molecular complexity index is 1160. The van der Waals surface area contributed by atoms with E-state index in [4.69, 9.17) is 16.3 Å². The van der Waals surface area contributed by atoms with Crippen molar-refractivity contribution < 1.29 is 13.2 Å². The van der Waals surface area contributed by atoms with Gasteiger partial charge in [0.2, 0.25) is 0 Å². The van der Waals surface area contributed by atoms with Crippen molar-refractivity contribution in [3.63, 3.8) is 0 Å². The van der Waals surface area contributed by atoms with Crippen molar-refractivity contribution in [3.8, 4) is 5.75 Å². The van der Waals surface area contributed by atoms with Crippen molar-refractivity contribution in [2.24, 2.45) is 5.10 Å². The van der Waals surface area contributed by atoms with Gasteiger partial charge in [-0.15, -0.1) is 0 Å². The Morgan fingerprint density at radius 3 is 2.33 bits per heavy atom. The molecule has 0 saturated carbocycles. The second-order valence-corrected chi connectivity index (χ2v) is 10.1. The van der Waals surface area contributed by atoms with Gasteiger partial charge in [0.1, 0.15) is 12.4 Å². The largest absolute Gasteiger partial charge is 0.486 e. The van der Waals surface area contributed by atoms with E-state index in [1.165, 1.54) is 18.3 Å². The Kier molecular flexibility index (Phi) is 7.57. The summed E-state index contributed by atoms with van der Waals surface area (Å²) in [6.07, 6.45) is 1.42. The molecule has 156 valence electrons. The summed E-state index contributed by atoms with van der Waals surface area (Å²) in [6.45, 7) is 2.19. The van der Waals surface area contributed by atoms with E-state index in [0.717, 1.165) is 11.1 Å². The number of nitrogens with one attached hydrogen (secondary N) is 1. The predicted octanol–water partition coefficient (Wildman–Crippen LogP) is 6.06. The van der Waals surface area contributed by atoms with Crippen LogP contribution in [-0.4, -0.2) is 14.6 Å². The number of halogens is 3. The third-order valence-electron chi connectivity index (χ3n) is 4.07. The van der Waals surface area contributed by atoms with Gasteiger partial charge in [0.25, 0.3) is 10.0 Å². The third kappa shape index (κ3) is 5.85. The van der Waals surface area contributed by atoms with Gasteiger partial charge in [-0.2, -0.15) is 13.5 Å². The SMILES string of the molecule is Cc1ccc(S(=O)(=O)N/N=C\c2cc(Br)c(OCc3ccccc3Cl)c(Br)c2)cc1. The van der Waals surface area contributed by atoms with Crippen LogP contribution >= 0.6 is 43.5 Å². The Hall–Kier alpha value is -1.87. The van der Waals surface area contributed by atoms with Crippen LogP contribution in [0, 0.1) is 6.92 Å². The van der Waals surface area contributed by atoms with E-state index in [1.807, 2.05) is 31.2 Å². The molecule has 0 radical (unpaired) electrons. The normalized spacial score (nSPS) is 11.6. The molecule has 3 rings (SSSR count). The topological polar surface area (TPSA) is 67.8 Å². The van der Waals surface area contributed by atoms with Crippen LogP contribution in [0.3, 0.4) is 0 Å². The zero-order valence-corrected chi connectivity index (χ0v) is 20.5. The maximum absolute atomic E-state index is 12.3. The lowest BCUT2D eigenvalue weighted by Gasteiger charge is -2.12. The molecule has 0 spiro atoms. The molecule has 0 saturated heterocycles. The zero-order valence-electron chi connectivity index (χ0n) is 15.8. The monoisotopic (exact) mass is 570 g/mol. The van der Waals surface area contributed by atoms with Crippen LogP contribution in [-0.2, 0) is 16.6 Å². The van der Waals surface area contributed by atoms with E-state index < -0.39 is 10.0 Å². The fourth-order valence-electron chi connectivity index (χ4n) is 2.50. The summed E-state index contributed by atoms with van der Waals surface area (Å²) in [4.78, 5) is 2.36. The summed E-state index contributed by atoms with van der Waals surface area (Å²) in [5.74, 6) is 0.604. The van der Waals surface area contributed by atoms with E-state index in [1.54, 1.807) is 24.3 Å². The van der Waals surface area contributed by atoms with E-state index in [0.29, 0.717) is 31.9 Å². The number of rotatable bonds is 7. The summed E-state index contributed by atoms with van der Waals surface area (Å²) in [6, 6.07) is 17.5. The molecular weight excluding hydrogens is 556 g/mol. The lowest BCUT2D eigenvalue weighted by molar-refractivity contribution is 0.302. The highest BCUT2D eigenvalue weighted by atomic mass is 79.9. The first kappa shape index (κ1) is 22.8. The first-order chi connectivity index (χ1) is 14.3. The molecule has 3 aromatic rings. The van der Waals surface area contributed by atoms with Crippen molar-refractivity contribution in [2.45, 2.75) is 18.4 Å². The average molecular weight is 573 g/mol. The predicted molar refractivity (Wildman–Crippen MR) is 127 cm³/mol. The minimum absolute atomic E-state index is 0.149. The van der Waals surface area contributed by atoms with Crippen molar-refractivity contribution >= 4 is 59.7 Å². The van der Waals surface area contributed by atoms with E-state index in [9.17, 15) is 8.42 Å². The average Bonchev–Trinajstić information content (AvgIpc) is 2.69. The smallest absolute Gasteiger partial charge is 0.276 e. The molecule has 0 aliphatic carbocycles.